The monoisotopic (exact) mass is 447 g/mol. The van der Waals surface area contributed by atoms with Crippen LogP contribution in [-0.4, -0.2) is 20.7 Å². The average Bonchev–Trinajstić information content (AvgIpc) is 2.77. The molecule has 3 aromatic carbocycles. The predicted molar refractivity (Wildman–Crippen MR) is 127 cm³/mol. The standard InChI is InChI=1S/C25H22FN3O2S/c1-15-9-8-10-16(2)22(15)28-23(30)17(3)32-25-27-20-13-6-4-11-18(20)24(31)29(25)21-14-7-5-12-19(21)26/h4-14,17H,1-3H3,(H,28,30). The molecule has 1 N–H and O–H groups in total. The molecule has 0 aliphatic rings. The van der Waals surface area contributed by atoms with Gasteiger partial charge in [-0.3, -0.25) is 14.2 Å². The van der Waals surface area contributed by atoms with Crippen molar-refractivity contribution in [2.75, 3.05) is 5.32 Å². The molecule has 0 aliphatic carbocycles. The number of nitrogens with one attached hydrogen (secondary N) is 1. The van der Waals surface area contributed by atoms with Crippen LogP contribution in [0.15, 0.2) is 76.7 Å². The van der Waals surface area contributed by atoms with Gasteiger partial charge in [-0.1, -0.05) is 54.2 Å². The molecule has 0 spiro atoms. The molecule has 1 atom stereocenters. The van der Waals surface area contributed by atoms with E-state index >= 15 is 0 Å². The molecule has 0 saturated heterocycles. The molecule has 4 rings (SSSR count). The minimum Gasteiger partial charge on any atom is -0.325 e. The molecule has 5 nitrogen and oxygen atoms in total. The first-order valence-electron chi connectivity index (χ1n) is 10.2. The van der Waals surface area contributed by atoms with Gasteiger partial charge in [-0.15, -0.1) is 0 Å². The van der Waals surface area contributed by atoms with Crippen molar-refractivity contribution >= 4 is 34.3 Å². The lowest BCUT2D eigenvalue weighted by atomic mass is 10.1. The molecule has 1 amide bonds. The smallest absolute Gasteiger partial charge is 0.266 e. The lowest BCUT2D eigenvalue weighted by molar-refractivity contribution is -0.115. The highest BCUT2D eigenvalue weighted by molar-refractivity contribution is 8.00. The SMILES string of the molecule is Cc1cccc(C)c1NC(=O)C(C)Sc1nc2ccccc2c(=O)n1-c1ccccc1F. The Morgan fingerprint density at radius 3 is 2.38 bits per heavy atom. The van der Waals surface area contributed by atoms with Crippen LogP contribution in [0.2, 0.25) is 0 Å². The van der Waals surface area contributed by atoms with Gasteiger partial charge in [0.05, 0.1) is 21.8 Å². The second kappa shape index (κ2) is 8.96. The Bertz CT molecular complexity index is 1360. The Labute approximate surface area is 189 Å². The molecule has 0 aliphatic heterocycles. The Balaban J connectivity index is 1.75. The minimum absolute atomic E-state index is 0.0978. The third kappa shape index (κ3) is 4.16. The van der Waals surface area contributed by atoms with Crippen LogP contribution in [0.4, 0.5) is 10.1 Å². The number of amides is 1. The summed E-state index contributed by atoms with van der Waals surface area (Å²) in [4.78, 5) is 30.8. The van der Waals surface area contributed by atoms with Crippen molar-refractivity contribution in [3.8, 4) is 5.69 Å². The van der Waals surface area contributed by atoms with Crippen molar-refractivity contribution in [3.05, 3.63) is 94.0 Å². The summed E-state index contributed by atoms with van der Waals surface area (Å²) in [6.07, 6.45) is 0. The van der Waals surface area contributed by atoms with Crippen LogP contribution < -0.4 is 10.9 Å². The maximum Gasteiger partial charge on any atom is 0.266 e. The van der Waals surface area contributed by atoms with E-state index in [1.807, 2.05) is 32.0 Å². The highest BCUT2D eigenvalue weighted by Gasteiger charge is 2.22. The third-order valence-electron chi connectivity index (χ3n) is 5.22. The summed E-state index contributed by atoms with van der Waals surface area (Å²) in [6, 6.07) is 18.8. The maximum absolute atomic E-state index is 14.6. The highest BCUT2D eigenvalue weighted by Crippen LogP contribution is 2.28. The number of carbonyl (C=O) groups excluding carboxylic acids is 1. The topological polar surface area (TPSA) is 64.0 Å². The maximum atomic E-state index is 14.6. The summed E-state index contributed by atoms with van der Waals surface area (Å²) in [5.74, 6) is -0.768. The van der Waals surface area contributed by atoms with Crippen LogP contribution in [0.5, 0.6) is 0 Å². The van der Waals surface area contributed by atoms with Crippen molar-refractivity contribution in [3.63, 3.8) is 0 Å². The fraction of sp³-hybridized carbons (Fsp3) is 0.160. The number of aromatic nitrogens is 2. The summed E-state index contributed by atoms with van der Waals surface area (Å²) in [6.45, 7) is 5.60. The van der Waals surface area contributed by atoms with Crippen LogP contribution in [-0.2, 0) is 4.79 Å². The number of anilines is 1. The molecule has 0 fully saturated rings. The number of fused-ring (bicyclic) bond motifs is 1. The molecule has 1 unspecified atom stereocenters. The zero-order valence-corrected chi connectivity index (χ0v) is 18.7. The van der Waals surface area contributed by atoms with Gasteiger partial charge >= 0.3 is 0 Å². The first kappa shape index (κ1) is 21.8. The third-order valence-corrected chi connectivity index (χ3v) is 6.27. The van der Waals surface area contributed by atoms with Gasteiger partial charge in [-0.25, -0.2) is 9.37 Å². The van der Waals surface area contributed by atoms with E-state index in [1.165, 1.54) is 16.7 Å². The van der Waals surface area contributed by atoms with Gasteiger partial charge < -0.3 is 5.32 Å². The van der Waals surface area contributed by atoms with Crippen molar-refractivity contribution in [1.29, 1.82) is 0 Å². The van der Waals surface area contributed by atoms with Crippen LogP contribution in [0.25, 0.3) is 16.6 Å². The Hall–Kier alpha value is -3.45. The van der Waals surface area contributed by atoms with Crippen molar-refractivity contribution in [2.24, 2.45) is 0 Å². The zero-order valence-electron chi connectivity index (χ0n) is 17.9. The van der Waals surface area contributed by atoms with Crippen molar-refractivity contribution in [2.45, 2.75) is 31.2 Å². The summed E-state index contributed by atoms with van der Waals surface area (Å²) >= 11 is 1.11. The van der Waals surface area contributed by atoms with Gasteiger partial charge in [-0.2, -0.15) is 0 Å². The molecule has 0 saturated carbocycles. The largest absolute Gasteiger partial charge is 0.325 e. The van der Waals surface area contributed by atoms with E-state index < -0.39 is 11.1 Å². The molecule has 1 aromatic heterocycles. The average molecular weight is 448 g/mol. The molecule has 1 heterocycles. The minimum atomic E-state index is -0.583. The number of nitrogens with zero attached hydrogens (tertiary/aromatic N) is 2. The predicted octanol–water partition coefficient (Wildman–Crippen LogP) is 5.26. The van der Waals surface area contributed by atoms with E-state index in [4.69, 9.17) is 0 Å². The van der Waals surface area contributed by atoms with Crippen molar-refractivity contribution < 1.29 is 9.18 Å². The zero-order chi connectivity index (χ0) is 22.8. The number of aryl methyl sites for hydroxylation is 2. The normalized spacial score (nSPS) is 12.0. The van der Waals surface area contributed by atoms with Crippen LogP contribution >= 0.6 is 11.8 Å². The number of hydrogen-bond acceptors (Lipinski definition) is 4. The fourth-order valence-electron chi connectivity index (χ4n) is 3.49. The Morgan fingerprint density at radius 1 is 1.00 bits per heavy atom. The van der Waals surface area contributed by atoms with Crippen LogP contribution in [0.3, 0.4) is 0 Å². The van der Waals surface area contributed by atoms with Crippen molar-refractivity contribution in [1.82, 2.24) is 9.55 Å². The second-order valence-electron chi connectivity index (χ2n) is 7.52. The van der Waals surface area contributed by atoms with E-state index in [-0.39, 0.29) is 22.3 Å². The molecular formula is C25H22FN3O2S. The molecule has 0 bridgehead atoms. The molecule has 7 heteroatoms. The number of halogens is 1. The lowest BCUT2D eigenvalue weighted by Gasteiger charge is -2.18. The number of para-hydroxylation sites is 3. The summed E-state index contributed by atoms with van der Waals surface area (Å²) in [5, 5.41) is 3.02. The summed E-state index contributed by atoms with van der Waals surface area (Å²) in [7, 11) is 0. The van der Waals surface area contributed by atoms with E-state index in [9.17, 15) is 14.0 Å². The number of rotatable bonds is 5. The fourth-order valence-corrected chi connectivity index (χ4v) is 4.40. The quantitative estimate of drug-likeness (QED) is 0.335. The molecule has 32 heavy (non-hydrogen) atoms. The van der Waals surface area contributed by atoms with E-state index in [2.05, 4.69) is 10.3 Å². The molecular weight excluding hydrogens is 425 g/mol. The number of thioether (sulfide) groups is 1. The van der Waals surface area contributed by atoms with E-state index in [0.717, 1.165) is 28.6 Å². The van der Waals surface area contributed by atoms with E-state index in [1.54, 1.807) is 43.3 Å². The second-order valence-corrected chi connectivity index (χ2v) is 8.83. The summed E-state index contributed by atoms with van der Waals surface area (Å²) < 4.78 is 15.9. The number of benzene rings is 3. The Kier molecular flexibility index (Phi) is 6.10. The first-order chi connectivity index (χ1) is 15.4. The van der Waals surface area contributed by atoms with Crippen LogP contribution in [0.1, 0.15) is 18.1 Å². The Morgan fingerprint density at radius 2 is 1.66 bits per heavy atom. The number of carbonyl (C=O) groups is 1. The molecule has 162 valence electrons. The van der Waals surface area contributed by atoms with Gasteiger partial charge in [0, 0.05) is 5.69 Å². The van der Waals surface area contributed by atoms with Gasteiger partial charge in [0.1, 0.15) is 5.82 Å². The van der Waals surface area contributed by atoms with Gasteiger partial charge in [0.15, 0.2) is 5.16 Å². The first-order valence-corrected chi connectivity index (χ1v) is 11.0. The molecule has 4 aromatic rings. The van der Waals surface area contributed by atoms with E-state index in [0.29, 0.717) is 10.9 Å². The lowest BCUT2D eigenvalue weighted by Crippen LogP contribution is -2.27. The molecule has 0 radical (unpaired) electrons. The van der Waals surface area contributed by atoms with Gasteiger partial charge in [-0.05, 0) is 56.2 Å². The highest BCUT2D eigenvalue weighted by atomic mass is 32.2. The van der Waals surface area contributed by atoms with Crippen LogP contribution in [0, 0.1) is 19.7 Å². The number of hydrogen-bond donors (Lipinski definition) is 1. The van der Waals surface area contributed by atoms with Gasteiger partial charge in [0.2, 0.25) is 5.91 Å². The summed E-state index contributed by atoms with van der Waals surface area (Å²) in [5.41, 5.74) is 2.90. The van der Waals surface area contributed by atoms with Gasteiger partial charge in [0.25, 0.3) is 5.56 Å².